The third-order valence-corrected chi connectivity index (χ3v) is 2.06. The molecule has 0 spiro atoms. The van der Waals surface area contributed by atoms with Gasteiger partial charge in [0.05, 0.1) is 5.69 Å². The maximum Gasteiger partial charge on any atom is 0.0648 e. The second-order valence-corrected chi connectivity index (χ2v) is 3.11. The molecule has 2 nitrogen and oxygen atoms in total. The molecule has 0 amide bonds. The molecule has 2 rings (SSSR count). The summed E-state index contributed by atoms with van der Waals surface area (Å²) >= 11 is 0. The predicted octanol–water partition coefficient (Wildman–Crippen LogP) is 2.60. The molecular formula is C12H12N2. The van der Waals surface area contributed by atoms with Gasteiger partial charge in [-0.05, 0) is 30.2 Å². The van der Waals surface area contributed by atoms with Crippen molar-refractivity contribution in [2.75, 3.05) is 0 Å². The van der Waals surface area contributed by atoms with Gasteiger partial charge in [-0.15, -0.1) is 6.58 Å². The maximum absolute atomic E-state index is 4.18. The van der Waals surface area contributed by atoms with Crippen LogP contribution < -0.4 is 0 Å². The lowest BCUT2D eigenvalue weighted by Crippen LogP contribution is -1.94. The standard InChI is InChI=1S/C12H12N2/c1-2-5-11-6-3-7-12(10-11)14-9-4-8-13-14/h2-4,6-10H,1,5H2. The van der Waals surface area contributed by atoms with E-state index in [1.54, 1.807) is 6.20 Å². The van der Waals surface area contributed by atoms with Crippen LogP contribution in [0.2, 0.25) is 0 Å². The van der Waals surface area contributed by atoms with Crippen LogP contribution in [0.25, 0.3) is 5.69 Å². The number of hydrogen-bond acceptors (Lipinski definition) is 1. The van der Waals surface area contributed by atoms with Crippen molar-refractivity contribution in [3.8, 4) is 5.69 Å². The molecular weight excluding hydrogens is 172 g/mol. The fourth-order valence-corrected chi connectivity index (χ4v) is 1.41. The highest BCUT2D eigenvalue weighted by Crippen LogP contribution is 2.09. The summed E-state index contributed by atoms with van der Waals surface area (Å²) < 4.78 is 1.85. The summed E-state index contributed by atoms with van der Waals surface area (Å²) in [5.74, 6) is 0. The van der Waals surface area contributed by atoms with Crippen LogP contribution >= 0.6 is 0 Å². The van der Waals surface area contributed by atoms with Gasteiger partial charge < -0.3 is 0 Å². The Balaban J connectivity index is 2.35. The minimum Gasteiger partial charge on any atom is -0.241 e. The molecule has 0 bridgehead atoms. The summed E-state index contributed by atoms with van der Waals surface area (Å²) in [4.78, 5) is 0. The molecule has 0 aliphatic carbocycles. The molecule has 2 heteroatoms. The van der Waals surface area contributed by atoms with Gasteiger partial charge in [0.2, 0.25) is 0 Å². The van der Waals surface area contributed by atoms with Crippen molar-refractivity contribution in [1.29, 1.82) is 0 Å². The van der Waals surface area contributed by atoms with E-state index in [0.29, 0.717) is 0 Å². The van der Waals surface area contributed by atoms with Crippen molar-refractivity contribution in [3.63, 3.8) is 0 Å². The molecule has 0 radical (unpaired) electrons. The summed E-state index contributed by atoms with van der Waals surface area (Å²) in [5.41, 5.74) is 2.35. The molecule has 0 aliphatic rings. The van der Waals surface area contributed by atoms with Crippen LogP contribution in [0, 0.1) is 0 Å². The molecule has 0 unspecified atom stereocenters. The Bertz CT molecular complexity index is 416. The van der Waals surface area contributed by atoms with Crippen LogP contribution in [0.5, 0.6) is 0 Å². The molecule has 0 atom stereocenters. The number of nitrogens with zero attached hydrogens (tertiary/aromatic N) is 2. The van der Waals surface area contributed by atoms with E-state index in [1.807, 2.05) is 35.2 Å². The molecule has 0 saturated carbocycles. The highest BCUT2D eigenvalue weighted by atomic mass is 15.3. The van der Waals surface area contributed by atoms with Crippen LogP contribution in [0.4, 0.5) is 0 Å². The zero-order valence-corrected chi connectivity index (χ0v) is 7.93. The third-order valence-electron chi connectivity index (χ3n) is 2.06. The molecule has 0 N–H and O–H groups in total. The van der Waals surface area contributed by atoms with E-state index in [2.05, 4.69) is 23.8 Å². The average Bonchev–Trinajstić information content (AvgIpc) is 2.71. The minimum atomic E-state index is 0.898. The van der Waals surface area contributed by atoms with Gasteiger partial charge in [0.25, 0.3) is 0 Å². The molecule has 2 aromatic rings. The molecule has 0 fully saturated rings. The van der Waals surface area contributed by atoms with Crippen LogP contribution in [-0.2, 0) is 6.42 Å². The Morgan fingerprint density at radius 3 is 3.00 bits per heavy atom. The number of hydrogen-bond donors (Lipinski definition) is 0. The quantitative estimate of drug-likeness (QED) is 0.670. The van der Waals surface area contributed by atoms with Gasteiger partial charge in [-0.25, -0.2) is 4.68 Å². The molecule has 14 heavy (non-hydrogen) atoms. The van der Waals surface area contributed by atoms with Gasteiger partial charge in [0.15, 0.2) is 0 Å². The van der Waals surface area contributed by atoms with Gasteiger partial charge in [0, 0.05) is 12.4 Å². The second-order valence-electron chi connectivity index (χ2n) is 3.11. The van der Waals surface area contributed by atoms with Crippen molar-refractivity contribution in [2.45, 2.75) is 6.42 Å². The Kier molecular flexibility index (Phi) is 2.45. The Labute approximate surface area is 83.5 Å². The van der Waals surface area contributed by atoms with Crippen molar-refractivity contribution < 1.29 is 0 Å². The first kappa shape index (κ1) is 8.75. The fraction of sp³-hybridized carbons (Fsp3) is 0.0833. The zero-order valence-electron chi connectivity index (χ0n) is 7.93. The average molecular weight is 184 g/mol. The van der Waals surface area contributed by atoms with Gasteiger partial charge in [-0.1, -0.05) is 18.2 Å². The number of benzene rings is 1. The number of aromatic nitrogens is 2. The van der Waals surface area contributed by atoms with E-state index >= 15 is 0 Å². The van der Waals surface area contributed by atoms with Crippen molar-refractivity contribution in [1.82, 2.24) is 9.78 Å². The smallest absolute Gasteiger partial charge is 0.0648 e. The predicted molar refractivity (Wildman–Crippen MR) is 57.5 cm³/mol. The first-order chi connectivity index (χ1) is 6.90. The summed E-state index contributed by atoms with van der Waals surface area (Å²) in [6, 6.07) is 10.2. The number of rotatable bonds is 3. The Hall–Kier alpha value is -1.83. The SMILES string of the molecule is C=CCc1cccc(-n2cccn2)c1. The van der Waals surface area contributed by atoms with Gasteiger partial charge >= 0.3 is 0 Å². The van der Waals surface area contributed by atoms with Crippen LogP contribution in [0.15, 0.2) is 55.4 Å². The van der Waals surface area contributed by atoms with E-state index in [9.17, 15) is 0 Å². The zero-order chi connectivity index (χ0) is 9.80. The largest absolute Gasteiger partial charge is 0.241 e. The maximum atomic E-state index is 4.18. The van der Waals surface area contributed by atoms with E-state index < -0.39 is 0 Å². The minimum absolute atomic E-state index is 0.898. The summed E-state index contributed by atoms with van der Waals surface area (Å²) in [7, 11) is 0. The topological polar surface area (TPSA) is 17.8 Å². The highest BCUT2D eigenvalue weighted by molar-refractivity contribution is 5.35. The van der Waals surface area contributed by atoms with E-state index in [4.69, 9.17) is 0 Å². The monoisotopic (exact) mass is 184 g/mol. The molecule has 0 saturated heterocycles. The molecule has 1 aromatic carbocycles. The summed E-state index contributed by atoms with van der Waals surface area (Å²) in [6.45, 7) is 3.73. The molecule has 0 aliphatic heterocycles. The second kappa shape index (κ2) is 3.92. The summed E-state index contributed by atoms with van der Waals surface area (Å²) in [5, 5.41) is 4.18. The molecule has 1 heterocycles. The van der Waals surface area contributed by atoms with E-state index in [1.165, 1.54) is 5.56 Å². The third kappa shape index (κ3) is 1.74. The van der Waals surface area contributed by atoms with E-state index in [0.717, 1.165) is 12.1 Å². The van der Waals surface area contributed by atoms with Crippen molar-refractivity contribution >= 4 is 0 Å². The fourth-order valence-electron chi connectivity index (χ4n) is 1.41. The first-order valence-electron chi connectivity index (χ1n) is 4.60. The Morgan fingerprint density at radius 1 is 1.36 bits per heavy atom. The van der Waals surface area contributed by atoms with Crippen molar-refractivity contribution in [3.05, 3.63) is 60.9 Å². The van der Waals surface area contributed by atoms with Crippen LogP contribution in [-0.4, -0.2) is 9.78 Å². The van der Waals surface area contributed by atoms with Gasteiger partial charge in [-0.2, -0.15) is 5.10 Å². The highest BCUT2D eigenvalue weighted by Gasteiger charge is 1.96. The lowest BCUT2D eigenvalue weighted by Gasteiger charge is -2.03. The van der Waals surface area contributed by atoms with Crippen LogP contribution in [0.1, 0.15) is 5.56 Å². The van der Waals surface area contributed by atoms with Gasteiger partial charge in [-0.3, -0.25) is 0 Å². The van der Waals surface area contributed by atoms with Gasteiger partial charge in [0.1, 0.15) is 0 Å². The molecule has 70 valence electrons. The lowest BCUT2D eigenvalue weighted by molar-refractivity contribution is 0.878. The Morgan fingerprint density at radius 2 is 2.29 bits per heavy atom. The van der Waals surface area contributed by atoms with Crippen molar-refractivity contribution in [2.24, 2.45) is 0 Å². The lowest BCUT2D eigenvalue weighted by atomic mass is 10.1. The first-order valence-corrected chi connectivity index (χ1v) is 4.60. The summed E-state index contributed by atoms with van der Waals surface area (Å²) in [6.07, 6.45) is 6.52. The van der Waals surface area contributed by atoms with E-state index in [-0.39, 0.29) is 0 Å². The normalized spacial score (nSPS) is 10.0. The number of allylic oxidation sites excluding steroid dienone is 1. The van der Waals surface area contributed by atoms with Crippen LogP contribution in [0.3, 0.4) is 0 Å². The molecule has 1 aromatic heterocycles.